The molecule has 3 rings (SSSR count). The maximum Gasteiger partial charge on any atom is 0.328 e. The Morgan fingerprint density at radius 2 is 1.15 bits per heavy atom. The zero-order valence-electron chi connectivity index (χ0n) is 32.2. The van der Waals surface area contributed by atoms with Crippen LogP contribution in [-0.2, 0) is 38.4 Å². The van der Waals surface area contributed by atoms with Crippen LogP contribution in [-0.4, -0.2) is 76.6 Å². The molecule has 0 aliphatic heterocycles. The zero-order chi connectivity index (χ0) is 39.0. The Morgan fingerprint density at radius 1 is 0.717 bits per heavy atom. The van der Waals surface area contributed by atoms with Crippen LogP contribution in [0.15, 0.2) is 72.8 Å². The van der Waals surface area contributed by atoms with Gasteiger partial charge in [-0.15, -0.1) is 0 Å². The second kappa shape index (κ2) is 20.9. The van der Waals surface area contributed by atoms with Gasteiger partial charge in [-0.2, -0.15) is 5.26 Å². The van der Waals surface area contributed by atoms with Gasteiger partial charge in [-0.1, -0.05) is 43.3 Å². The van der Waals surface area contributed by atoms with Gasteiger partial charge in [0.25, 0.3) is 8.53 Å². The number of esters is 2. The molecule has 3 aromatic rings. The van der Waals surface area contributed by atoms with E-state index in [0.29, 0.717) is 33.9 Å². The standard InChI is InChI=1S/C40H53N2O10P/c1-10-39(37(43)48-11-2,38(44)49-28-52-53(51-26-12-25-41)42(29(3)4)30(5)6)27-50-40(31-13-19-34(45-7)20-14-31,32-15-21-35(46-8)22-16-32)33-17-23-36(47-9)24-18-33/h13-24,29-30H,10-12,26-28H2,1-9H3. The van der Waals surface area contributed by atoms with E-state index in [0.717, 1.165) is 0 Å². The smallest absolute Gasteiger partial charge is 0.328 e. The van der Waals surface area contributed by atoms with Crippen LogP contribution < -0.4 is 14.2 Å². The van der Waals surface area contributed by atoms with Crippen molar-refractivity contribution in [2.75, 3.05) is 47.9 Å². The number of hydrogen-bond donors (Lipinski definition) is 0. The van der Waals surface area contributed by atoms with E-state index in [2.05, 4.69) is 6.07 Å². The van der Waals surface area contributed by atoms with Crippen LogP contribution in [0.4, 0.5) is 0 Å². The molecule has 53 heavy (non-hydrogen) atoms. The fourth-order valence-electron chi connectivity index (χ4n) is 5.90. The maximum atomic E-state index is 14.2. The first-order chi connectivity index (χ1) is 25.5. The van der Waals surface area contributed by atoms with Crippen LogP contribution in [0.1, 0.15) is 71.1 Å². The van der Waals surface area contributed by atoms with Crippen molar-refractivity contribution in [2.24, 2.45) is 5.41 Å². The highest BCUT2D eigenvalue weighted by molar-refractivity contribution is 7.44. The third-order valence-electron chi connectivity index (χ3n) is 8.70. The number of nitrogens with zero attached hydrogens (tertiary/aromatic N) is 2. The van der Waals surface area contributed by atoms with E-state index in [4.69, 9.17) is 42.7 Å². The summed E-state index contributed by atoms with van der Waals surface area (Å²) in [7, 11) is 3.04. The van der Waals surface area contributed by atoms with Crippen LogP contribution in [0.3, 0.4) is 0 Å². The number of rotatable bonds is 22. The average Bonchev–Trinajstić information content (AvgIpc) is 3.17. The largest absolute Gasteiger partial charge is 0.497 e. The SMILES string of the molecule is CCOC(=O)C(CC)(COC(c1ccc(OC)cc1)(c1ccc(OC)cc1)c1ccc(OC)cc1)C(=O)OCOP(OCCC#N)N(C(C)C)C(C)C. The Labute approximate surface area is 315 Å². The van der Waals surface area contributed by atoms with Gasteiger partial charge in [-0.25, -0.2) is 4.67 Å². The van der Waals surface area contributed by atoms with Crippen LogP contribution in [0, 0.1) is 16.7 Å². The van der Waals surface area contributed by atoms with Gasteiger partial charge in [0.05, 0.1) is 53.6 Å². The van der Waals surface area contributed by atoms with E-state index in [1.54, 1.807) is 35.2 Å². The molecule has 0 radical (unpaired) electrons. The number of methoxy groups -OCH3 is 3. The summed E-state index contributed by atoms with van der Waals surface area (Å²) in [5.74, 6) is 0.235. The van der Waals surface area contributed by atoms with Crippen LogP contribution in [0.5, 0.6) is 17.2 Å². The third-order valence-corrected chi connectivity index (χ3v) is 10.7. The molecule has 13 heteroatoms. The number of nitriles is 1. The van der Waals surface area contributed by atoms with E-state index in [9.17, 15) is 9.59 Å². The van der Waals surface area contributed by atoms with Crippen molar-refractivity contribution in [1.29, 1.82) is 5.26 Å². The lowest BCUT2D eigenvalue weighted by Crippen LogP contribution is -2.48. The van der Waals surface area contributed by atoms with E-state index in [1.165, 1.54) is 0 Å². The summed E-state index contributed by atoms with van der Waals surface area (Å²) >= 11 is 0. The van der Waals surface area contributed by atoms with E-state index in [1.807, 2.05) is 105 Å². The Balaban J connectivity index is 2.12. The van der Waals surface area contributed by atoms with E-state index in [-0.39, 0.29) is 38.1 Å². The first kappa shape index (κ1) is 43.2. The van der Waals surface area contributed by atoms with Crippen LogP contribution >= 0.6 is 8.53 Å². The first-order valence-electron chi connectivity index (χ1n) is 17.6. The molecule has 0 aliphatic rings. The van der Waals surface area contributed by atoms with Gasteiger partial charge in [-0.05, 0) is 94.1 Å². The molecular formula is C40H53N2O10P. The highest BCUT2D eigenvalue weighted by Crippen LogP contribution is 2.47. The molecule has 2 unspecified atom stereocenters. The molecule has 0 saturated carbocycles. The Kier molecular flexibility index (Phi) is 17.0. The highest BCUT2D eigenvalue weighted by atomic mass is 31.2. The molecule has 0 N–H and O–H groups in total. The quantitative estimate of drug-likeness (QED) is 0.0248. The van der Waals surface area contributed by atoms with Crippen molar-refractivity contribution in [1.82, 2.24) is 4.67 Å². The summed E-state index contributed by atoms with van der Waals surface area (Å²) in [5, 5.41) is 9.07. The molecule has 0 fully saturated rings. The van der Waals surface area contributed by atoms with Gasteiger partial charge in [-0.3, -0.25) is 14.1 Å². The molecule has 0 heterocycles. The summed E-state index contributed by atoms with van der Waals surface area (Å²) in [6.07, 6.45) is 0.162. The molecule has 0 aliphatic carbocycles. The van der Waals surface area contributed by atoms with Crippen molar-refractivity contribution in [3.63, 3.8) is 0 Å². The number of benzene rings is 3. The fraction of sp³-hybridized carbons (Fsp3) is 0.475. The average molecular weight is 753 g/mol. The van der Waals surface area contributed by atoms with Gasteiger partial charge < -0.3 is 32.9 Å². The Hall–Kier alpha value is -4.24. The normalized spacial score (nSPS) is 13.3. The summed E-state index contributed by atoms with van der Waals surface area (Å²) in [6, 6.07) is 24.3. The number of ether oxygens (including phenoxy) is 6. The molecule has 0 bridgehead atoms. The molecule has 3 aromatic carbocycles. The molecule has 0 aromatic heterocycles. The predicted molar refractivity (Wildman–Crippen MR) is 201 cm³/mol. The minimum Gasteiger partial charge on any atom is -0.497 e. The number of hydrogen-bond acceptors (Lipinski definition) is 12. The lowest BCUT2D eigenvalue weighted by Gasteiger charge is -2.39. The summed E-state index contributed by atoms with van der Waals surface area (Å²) in [6.45, 7) is 10.6. The third kappa shape index (κ3) is 10.5. The molecular weight excluding hydrogens is 699 g/mol. The minimum atomic E-state index is -1.89. The molecule has 0 amide bonds. The number of carbonyl (C=O) groups is 2. The number of carbonyl (C=O) groups excluding carboxylic acids is 2. The zero-order valence-corrected chi connectivity index (χ0v) is 33.1. The molecule has 288 valence electrons. The van der Waals surface area contributed by atoms with Gasteiger partial charge in [0.2, 0.25) is 0 Å². The maximum absolute atomic E-state index is 14.2. The Morgan fingerprint density at radius 3 is 1.51 bits per heavy atom. The summed E-state index contributed by atoms with van der Waals surface area (Å²) in [4.78, 5) is 28.2. The second-order valence-electron chi connectivity index (χ2n) is 12.5. The monoisotopic (exact) mass is 752 g/mol. The lowest BCUT2D eigenvalue weighted by molar-refractivity contribution is -0.184. The van der Waals surface area contributed by atoms with Crippen molar-refractivity contribution < 1.29 is 47.1 Å². The van der Waals surface area contributed by atoms with Crippen LogP contribution in [0.25, 0.3) is 0 Å². The molecule has 12 nitrogen and oxygen atoms in total. The van der Waals surface area contributed by atoms with E-state index >= 15 is 0 Å². The van der Waals surface area contributed by atoms with E-state index < -0.39 is 44.9 Å². The highest BCUT2D eigenvalue weighted by Gasteiger charge is 2.51. The second-order valence-corrected chi connectivity index (χ2v) is 14.0. The fourth-order valence-corrected chi connectivity index (χ4v) is 7.38. The summed E-state index contributed by atoms with van der Waals surface area (Å²) in [5.41, 5.74) is -1.17. The predicted octanol–water partition coefficient (Wildman–Crippen LogP) is 7.77. The van der Waals surface area contributed by atoms with Gasteiger partial charge in [0.1, 0.15) is 22.8 Å². The lowest BCUT2D eigenvalue weighted by atomic mass is 9.79. The van der Waals surface area contributed by atoms with Gasteiger partial charge >= 0.3 is 11.9 Å². The first-order valence-corrected chi connectivity index (χ1v) is 18.7. The summed E-state index contributed by atoms with van der Waals surface area (Å²) < 4.78 is 48.7. The van der Waals surface area contributed by atoms with Gasteiger partial charge in [0, 0.05) is 12.1 Å². The van der Waals surface area contributed by atoms with Gasteiger partial charge in [0.15, 0.2) is 12.2 Å². The topological polar surface area (TPSA) is 135 Å². The van der Waals surface area contributed by atoms with Crippen molar-refractivity contribution in [3.05, 3.63) is 89.5 Å². The van der Waals surface area contributed by atoms with Crippen molar-refractivity contribution >= 4 is 20.5 Å². The molecule has 0 saturated heterocycles. The molecule has 0 spiro atoms. The minimum absolute atomic E-state index is 0.00781. The Bertz CT molecular complexity index is 1490. The van der Waals surface area contributed by atoms with Crippen LogP contribution in [0.2, 0.25) is 0 Å². The molecule has 2 atom stereocenters. The van der Waals surface area contributed by atoms with Crippen molar-refractivity contribution in [2.45, 2.75) is 72.1 Å². The van der Waals surface area contributed by atoms with Crippen molar-refractivity contribution in [3.8, 4) is 23.3 Å².